The zero-order valence-corrected chi connectivity index (χ0v) is 19.3. The predicted molar refractivity (Wildman–Crippen MR) is 120 cm³/mol. The second kappa shape index (κ2) is 8.80. The highest BCUT2D eigenvalue weighted by Gasteiger charge is 2.38. The van der Waals surface area contributed by atoms with Crippen LogP contribution in [0.25, 0.3) is 10.2 Å². The Kier molecular flexibility index (Phi) is 6.31. The van der Waals surface area contributed by atoms with Crippen LogP contribution in [0.1, 0.15) is 26.2 Å². The topological polar surface area (TPSA) is 88.6 Å². The van der Waals surface area contributed by atoms with Crippen molar-refractivity contribution < 1.29 is 17.9 Å². The SMILES string of the molecule is CCOc1ccc2nc(NC(=O)C3CCCCN3S(=O)(=O)c3ccc(Cl)s3)sc2c1. The van der Waals surface area contributed by atoms with Gasteiger partial charge in [0.05, 0.1) is 21.2 Å². The number of nitrogens with one attached hydrogen (secondary N) is 1. The molecule has 1 amide bonds. The van der Waals surface area contributed by atoms with Gasteiger partial charge in [0.2, 0.25) is 5.91 Å². The first-order chi connectivity index (χ1) is 14.4. The molecular weight excluding hydrogens is 466 g/mol. The number of anilines is 1. The molecule has 1 aliphatic heterocycles. The summed E-state index contributed by atoms with van der Waals surface area (Å²) >= 11 is 8.25. The molecule has 11 heteroatoms. The number of hydrogen-bond donors (Lipinski definition) is 1. The number of carbonyl (C=O) groups excluding carboxylic acids is 1. The molecule has 1 fully saturated rings. The number of nitrogens with zero attached hydrogens (tertiary/aromatic N) is 2. The lowest BCUT2D eigenvalue weighted by Crippen LogP contribution is -2.49. The van der Waals surface area contributed by atoms with Crippen LogP contribution in [0, 0.1) is 0 Å². The van der Waals surface area contributed by atoms with Crippen LogP contribution in [-0.2, 0) is 14.8 Å². The molecule has 3 aromatic rings. The van der Waals surface area contributed by atoms with E-state index in [1.54, 1.807) is 6.07 Å². The van der Waals surface area contributed by atoms with Crippen LogP contribution < -0.4 is 10.1 Å². The maximum Gasteiger partial charge on any atom is 0.253 e. The van der Waals surface area contributed by atoms with E-state index >= 15 is 0 Å². The number of benzene rings is 1. The molecule has 1 atom stereocenters. The van der Waals surface area contributed by atoms with Crippen LogP contribution in [0.15, 0.2) is 34.5 Å². The van der Waals surface area contributed by atoms with Gasteiger partial charge in [0.15, 0.2) is 5.13 Å². The second-order valence-electron chi connectivity index (χ2n) is 6.76. The zero-order chi connectivity index (χ0) is 21.3. The summed E-state index contributed by atoms with van der Waals surface area (Å²) in [5, 5.41) is 3.25. The maximum absolute atomic E-state index is 13.1. The monoisotopic (exact) mass is 485 g/mol. The summed E-state index contributed by atoms with van der Waals surface area (Å²) in [4.78, 5) is 17.5. The van der Waals surface area contributed by atoms with Crippen LogP contribution in [0.3, 0.4) is 0 Å². The average Bonchev–Trinajstić information content (AvgIpc) is 3.34. The number of amides is 1. The summed E-state index contributed by atoms with van der Waals surface area (Å²) in [7, 11) is -3.79. The lowest BCUT2D eigenvalue weighted by atomic mass is 10.0. The van der Waals surface area contributed by atoms with Crippen molar-refractivity contribution in [3.05, 3.63) is 34.7 Å². The van der Waals surface area contributed by atoms with E-state index in [0.29, 0.717) is 35.5 Å². The van der Waals surface area contributed by atoms with Crippen molar-refractivity contribution in [3.63, 3.8) is 0 Å². The van der Waals surface area contributed by atoms with Crippen molar-refractivity contribution in [2.24, 2.45) is 0 Å². The Hall–Kier alpha value is -1.72. The van der Waals surface area contributed by atoms with Gasteiger partial charge in [-0.3, -0.25) is 4.79 Å². The summed E-state index contributed by atoms with van der Waals surface area (Å²) < 4.78 is 34.4. The van der Waals surface area contributed by atoms with E-state index in [4.69, 9.17) is 16.3 Å². The molecular formula is C19H20ClN3O4S3. The summed E-state index contributed by atoms with van der Waals surface area (Å²) in [6.45, 7) is 2.78. The fourth-order valence-electron chi connectivity index (χ4n) is 3.41. The molecule has 3 heterocycles. The molecule has 1 unspecified atom stereocenters. The van der Waals surface area contributed by atoms with E-state index in [9.17, 15) is 13.2 Å². The molecule has 0 radical (unpaired) electrons. The lowest BCUT2D eigenvalue weighted by molar-refractivity contribution is -0.120. The summed E-state index contributed by atoms with van der Waals surface area (Å²) in [6.07, 6.45) is 1.96. The molecule has 1 saturated heterocycles. The van der Waals surface area contributed by atoms with Gasteiger partial charge >= 0.3 is 0 Å². The average molecular weight is 486 g/mol. The Bertz CT molecular complexity index is 1170. The minimum absolute atomic E-state index is 0.149. The highest BCUT2D eigenvalue weighted by atomic mass is 35.5. The van der Waals surface area contributed by atoms with Crippen molar-refractivity contribution in [2.45, 2.75) is 36.4 Å². The smallest absolute Gasteiger partial charge is 0.253 e. The number of halogens is 1. The molecule has 160 valence electrons. The number of rotatable bonds is 6. The molecule has 1 aliphatic rings. The Labute approximate surface area is 187 Å². The first-order valence-electron chi connectivity index (χ1n) is 9.50. The number of sulfonamides is 1. The molecule has 0 saturated carbocycles. The van der Waals surface area contributed by atoms with Gasteiger partial charge in [-0.15, -0.1) is 11.3 Å². The van der Waals surface area contributed by atoms with E-state index in [1.165, 1.54) is 21.7 Å². The van der Waals surface area contributed by atoms with Gasteiger partial charge in [-0.2, -0.15) is 4.31 Å². The minimum atomic E-state index is -3.79. The van der Waals surface area contributed by atoms with E-state index in [1.807, 2.05) is 25.1 Å². The Morgan fingerprint density at radius 2 is 2.13 bits per heavy atom. The minimum Gasteiger partial charge on any atom is -0.494 e. The molecule has 30 heavy (non-hydrogen) atoms. The number of aromatic nitrogens is 1. The molecule has 0 spiro atoms. The van der Waals surface area contributed by atoms with Crippen molar-refractivity contribution in [1.82, 2.24) is 9.29 Å². The molecule has 0 bridgehead atoms. The lowest BCUT2D eigenvalue weighted by Gasteiger charge is -2.32. The fraction of sp³-hybridized carbons (Fsp3) is 0.368. The number of ether oxygens (including phenoxy) is 1. The molecule has 2 aromatic heterocycles. The van der Waals surface area contributed by atoms with Crippen LogP contribution in [0.2, 0.25) is 4.34 Å². The summed E-state index contributed by atoms with van der Waals surface area (Å²) in [5.41, 5.74) is 0.750. The van der Waals surface area contributed by atoms with Gasteiger partial charge < -0.3 is 10.1 Å². The second-order valence-corrected chi connectivity index (χ2v) is 11.6. The van der Waals surface area contributed by atoms with Crippen LogP contribution in [0.4, 0.5) is 5.13 Å². The number of thiazole rings is 1. The van der Waals surface area contributed by atoms with E-state index in [0.717, 1.165) is 33.7 Å². The van der Waals surface area contributed by atoms with Crippen molar-refractivity contribution in [1.29, 1.82) is 0 Å². The fourth-order valence-corrected chi connectivity index (χ4v) is 7.58. The standard InChI is InChI=1S/C19H20ClN3O4S3/c1-2-27-12-6-7-13-15(11-12)28-19(21-13)22-18(24)14-5-3-4-10-23(14)30(25,26)17-9-8-16(20)29-17/h6-9,11,14H,2-5,10H2,1H3,(H,21,22,24). The van der Waals surface area contributed by atoms with Crippen molar-refractivity contribution >= 4 is 65.6 Å². The Balaban J connectivity index is 1.56. The molecule has 0 aliphatic carbocycles. The Morgan fingerprint density at radius 3 is 2.87 bits per heavy atom. The Morgan fingerprint density at radius 1 is 1.30 bits per heavy atom. The van der Waals surface area contributed by atoms with E-state index in [-0.39, 0.29) is 10.1 Å². The third-order valence-corrected chi connectivity index (χ3v) is 9.31. The molecule has 7 nitrogen and oxygen atoms in total. The first kappa shape index (κ1) is 21.5. The van der Waals surface area contributed by atoms with Gasteiger partial charge in [-0.25, -0.2) is 13.4 Å². The third-order valence-electron chi connectivity index (χ3n) is 4.77. The van der Waals surface area contributed by atoms with Gasteiger partial charge in [-0.05, 0) is 50.1 Å². The van der Waals surface area contributed by atoms with Gasteiger partial charge in [0.25, 0.3) is 10.0 Å². The molecule has 1 aromatic carbocycles. The summed E-state index contributed by atoms with van der Waals surface area (Å²) in [5.74, 6) is 0.371. The van der Waals surface area contributed by atoms with Gasteiger partial charge in [0.1, 0.15) is 16.0 Å². The van der Waals surface area contributed by atoms with Crippen molar-refractivity contribution in [2.75, 3.05) is 18.5 Å². The number of piperidine rings is 1. The quantitative estimate of drug-likeness (QED) is 0.551. The largest absolute Gasteiger partial charge is 0.494 e. The van der Waals surface area contributed by atoms with Crippen LogP contribution in [0.5, 0.6) is 5.75 Å². The highest BCUT2D eigenvalue weighted by Crippen LogP contribution is 2.33. The number of carbonyl (C=O) groups is 1. The highest BCUT2D eigenvalue weighted by molar-refractivity contribution is 7.91. The number of fused-ring (bicyclic) bond motifs is 1. The van der Waals surface area contributed by atoms with Crippen LogP contribution >= 0.6 is 34.3 Å². The maximum atomic E-state index is 13.1. The predicted octanol–water partition coefficient (Wildman–Crippen LogP) is 4.59. The van der Waals surface area contributed by atoms with E-state index in [2.05, 4.69) is 10.3 Å². The number of thiophene rings is 1. The van der Waals surface area contributed by atoms with Gasteiger partial charge in [-0.1, -0.05) is 29.4 Å². The zero-order valence-electron chi connectivity index (χ0n) is 16.1. The van der Waals surface area contributed by atoms with Crippen LogP contribution in [-0.4, -0.2) is 42.8 Å². The molecule has 1 N–H and O–H groups in total. The first-order valence-corrected chi connectivity index (χ1v) is 12.9. The van der Waals surface area contributed by atoms with E-state index < -0.39 is 16.1 Å². The number of hydrogen-bond acceptors (Lipinski definition) is 7. The normalized spacial score (nSPS) is 17.9. The molecule has 4 rings (SSSR count). The third kappa shape index (κ3) is 4.33. The van der Waals surface area contributed by atoms with Crippen molar-refractivity contribution in [3.8, 4) is 5.75 Å². The van der Waals surface area contributed by atoms with Gasteiger partial charge in [0, 0.05) is 6.54 Å². The summed E-state index contributed by atoms with van der Waals surface area (Å²) in [6, 6.07) is 7.80.